The zero-order chi connectivity index (χ0) is 16.1. The highest BCUT2D eigenvalue weighted by Crippen LogP contribution is 2.22. The zero-order valence-corrected chi connectivity index (χ0v) is 13.8. The molecule has 5 heteroatoms. The number of aromatic nitrogens is 1. The highest BCUT2D eigenvalue weighted by molar-refractivity contribution is 7.98. The minimum Gasteiger partial charge on any atom is -0.392 e. The first-order chi connectivity index (χ1) is 11.3. The predicted molar refractivity (Wildman–Crippen MR) is 91.3 cm³/mol. The molecule has 1 aliphatic heterocycles. The average Bonchev–Trinajstić information content (AvgIpc) is 3.15. The van der Waals surface area contributed by atoms with Gasteiger partial charge in [0.1, 0.15) is 0 Å². The summed E-state index contributed by atoms with van der Waals surface area (Å²) in [5.74, 6) is 0.907. The quantitative estimate of drug-likeness (QED) is 0.857. The second-order valence-corrected chi connectivity index (χ2v) is 6.64. The minimum absolute atomic E-state index is 0.0709. The van der Waals surface area contributed by atoms with Crippen LogP contribution in [0, 0.1) is 0 Å². The molecule has 2 aromatic rings. The van der Waals surface area contributed by atoms with E-state index in [1.807, 2.05) is 41.3 Å². The van der Waals surface area contributed by atoms with E-state index in [2.05, 4.69) is 4.98 Å². The van der Waals surface area contributed by atoms with Crippen molar-refractivity contribution < 1.29 is 9.90 Å². The Morgan fingerprint density at radius 2 is 1.78 bits per heavy atom. The smallest absolute Gasteiger partial charge is 0.255 e. The molecule has 0 unspecified atom stereocenters. The summed E-state index contributed by atoms with van der Waals surface area (Å²) in [5, 5.41) is 9.95. The fourth-order valence-electron chi connectivity index (χ4n) is 2.59. The van der Waals surface area contributed by atoms with Gasteiger partial charge in [-0.15, -0.1) is 11.8 Å². The number of rotatable bonds is 5. The molecule has 120 valence electrons. The maximum absolute atomic E-state index is 12.3. The maximum atomic E-state index is 12.3. The lowest BCUT2D eigenvalue weighted by Crippen LogP contribution is -2.27. The number of thioether (sulfide) groups is 1. The van der Waals surface area contributed by atoms with Gasteiger partial charge in [0, 0.05) is 25.0 Å². The van der Waals surface area contributed by atoms with Gasteiger partial charge in [-0.2, -0.15) is 0 Å². The van der Waals surface area contributed by atoms with Gasteiger partial charge < -0.3 is 10.0 Å². The lowest BCUT2D eigenvalue weighted by molar-refractivity contribution is 0.0792. The van der Waals surface area contributed by atoms with Crippen LogP contribution in [0.3, 0.4) is 0 Å². The van der Waals surface area contributed by atoms with E-state index in [1.165, 1.54) is 5.56 Å². The standard InChI is InChI=1S/C18H20N2O2S/c21-12-14-3-5-15(6-4-14)13-23-17-8-7-16(11-19-17)18(22)20-9-1-2-10-20/h3-8,11,21H,1-2,9-10,12-13H2. The van der Waals surface area contributed by atoms with Gasteiger partial charge in [-0.3, -0.25) is 4.79 Å². The molecule has 4 nitrogen and oxygen atoms in total. The molecule has 2 heterocycles. The van der Waals surface area contributed by atoms with E-state index in [-0.39, 0.29) is 12.5 Å². The molecule has 0 radical (unpaired) electrons. The van der Waals surface area contributed by atoms with E-state index >= 15 is 0 Å². The van der Waals surface area contributed by atoms with Crippen LogP contribution in [0.15, 0.2) is 47.6 Å². The monoisotopic (exact) mass is 328 g/mol. The number of hydrogen-bond donors (Lipinski definition) is 1. The van der Waals surface area contributed by atoms with Crippen molar-refractivity contribution in [2.24, 2.45) is 0 Å². The molecular formula is C18H20N2O2S. The molecule has 1 saturated heterocycles. The summed E-state index contributed by atoms with van der Waals surface area (Å²) in [6.45, 7) is 1.79. The maximum Gasteiger partial charge on any atom is 0.255 e. The number of aliphatic hydroxyl groups is 1. The summed E-state index contributed by atoms with van der Waals surface area (Å²) < 4.78 is 0. The Balaban J connectivity index is 1.57. The molecule has 3 rings (SSSR count). The van der Waals surface area contributed by atoms with E-state index in [0.717, 1.165) is 42.3 Å². The van der Waals surface area contributed by atoms with Crippen LogP contribution in [0.2, 0.25) is 0 Å². The highest BCUT2D eigenvalue weighted by Gasteiger charge is 2.19. The summed E-state index contributed by atoms with van der Waals surface area (Å²) in [5.41, 5.74) is 2.77. The fraction of sp³-hybridized carbons (Fsp3) is 0.333. The Labute approximate surface area is 140 Å². The molecule has 1 amide bonds. The van der Waals surface area contributed by atoms with Gasteiger partial charge in [0.25, 0.3) is 5.91 Å². The van der Waals surface area contributed by atoms with Crippen molar-refractivity contribution in [1.82, 2.24) is 9.88 Å². The van der Waals surface area contributed by atoms with Crippen LogP contribution in [0.5, 0.6) is 0 Å². The van der Waals surface area contributed by atoms with Crippen molar-refractivity contribution in [1.29, 1.82) is 0 Å². The number of pyridine rings is 1. The van der Waals surface area contributed by atoms with Crippen LogP contribution in [-0.4, -0.2) is 34.0 Å². The van der Waals surface area contributed by atoms with Crippen molar-refractivity contribution in [3.63, 3.8) is 0 Å². The van der Waals surface area contributed by atoms with E-state index in [1.54, 1.807) is 18.0 Å². The first-order valence-corrected chi connectivity index (χ1v) is 8.81. The average molecular weight is 328 g/mol. The predicted octanol–water partition coefficient (Wildman–Crippen LogP) is 3.10. The number of hydrogen-bond acceptors (Lipinski definition) is 4. The number of carbonyl (C=O) groups excluding carboxylic acids is 1. The molecule has 1 fully saturated rings. The van der Waals surface area contributed by atoms with E-state index in [0.29, 0.717) is 5.56 Å². The molecular weight excluding hydrogens is 308 g/mol. The summed E-state index contributed by atoms with van der Waals surface area (Å²) in [4.78, 5) is 18.5. The molecule has 0 atom stereocenters. The molecule has 0 bridgehead atoms. The van der Waals surface area contributed by atoms with Gasteiger partial charge in [-0.05, 0) is 36.1 Å². The largest absolute Gasteiger partial charge is 0.392 e. The highest BCUT2D eigenvalue weighted by atomic mass is 32.2. The summed E-state index contributed by atoms with van der Waals surface area (Å²) in [6.07, 6.45) is 3.88. The first-order valence-electron chi connectivity index (χ1n) is 7.83. The SMILES string of the molecule is O=C(c1ccc(SCc2ccc(CO)cc2)nc1)N1CCCC1. The molecule has 23 heavy (non-hydrogen) atoms. The molecule has 1 aromatic heterocycles. The van der Waals surface area contributed by atoms with Crippen LogP contribution >= 0.6 is 11.8 Å². The number of carbonyl (C=O) groups is 1. The summed E-state index contributed by atoms with van der Waals surface area (Å²) in [6, 6.07) is 11.7. The number of benzene rings is 1. The van der Waals surface area contributed by atoms with Gasteiger partial charge in [-0.1, -0.05) is 24.3 Å². The second-order valence-electron chi connectivity index (χ2n) is 5.65. The summed E-state index contributed by atoms with van der Waals surface area (Å²) >= 11 is 1.64. The normalized spacial score (nSPS) is 14.2. The van der Waals surface area contributed by atoms with Crippen molar-refractivity contribution in [2.75, 3.05) is 13.1 Å². The second kappa shape index (κ2) is 7.62. The fourth-order valence-corrected chi connectivity index (χ4v) is 3.39. The van der Waals surface area contributed by atoms with Crippen LogP contribution in [-0.2, 0) is 12.4 Å². The number of amides is 1. The topological polar surface area (TPSA) is 53.4 Å². The lowest BCUT2D eigenvalue weighted by Gasteiger charge is -2.14. The van der Waals surface area contributed by atoms with Crippen molar-refractivity contribution >= 4 is 17.7 Å². The number of aliphatic hydroxyl groups excluding tert-OH is 1. The van der Waals surface area contributed by atoms with Gasteiger partial charge in [0.05, 0.1) is 17.2 Å². The Hall–Kier alpha value is -1.85. The van der Waals surface area contributed by atoms with E-state index in [9.17, 15) is 4.79 Å². The van der Waals surface area contributed by atoms with Crippen LogP contribution in [0.1, 0.15) is 34.3 Å². The molecule has 1 aromatic carbocycles. The van der Waals surface area contributed by atoms with Crippen LogP contribution in [0.25, 0.3) is 0 Å². The number of likely N-dealkylation sites (tertiary alicyclic amines) is 1. The Kier molecular flexibility index (Phi) is 5.31. The first kappa shape index (κ1) is 16.0. The van der Waals surface area contributed by atoms with Crippen molar-refractivity contribution in [3.8, 4) is 0 Å². The third-order valence-corrected chi connectivity index (χ3v) is 4.98. The lowest BCUT2D eigenvalue weighted by atomic mass is 10.2. The molecule has 0 aliphatic carbocycles. The minimum atomic E-state index is 0.0709. The Morgan fingerprint density at radius 1 is 1.09 bits per heavy atom. The van der Waals surface area contributed by atoms with Gasteiger partial charge in [0.2, 0.25) is 0 Å². The molecule has 0 saturated carbocycles. The van der Waals surface area contributed by atoms with Gasteiger partial charge >= 0.3 is 0 Å². The van der Waals surface area contributed by atoms with Gasteiger partial charge in [-0.25, -0.2) is 4.98 Å². The third-order valence-electron chi connectivity index (χ3n) is 3.97. The Bertz CT molecular complexity index is 650. The molecule has 1 N–H and O–H groups in total. The van der Waals surface area contributed by atoms with E-state index in [4.69, 9.17) is 5.11 Å². The van der Waals surface area contributed by atoms with Crippen molar-refractivity contribution in [2.45, 2.75) is 30.2 Å². The van der Waals surface area contributed by atoms with E-state index < -0.39 is 0 Å². The summed E-state index contributed by atoms with van der Waals surface area (Å²) in [7, 11) is 0. The number of nitrogens with zero attached hydrogens (tertiary/aromatic N) is 2. The van der Waals surface area contributed by atoms with Crippen molar-refractivity contribution in [3.05, 3.63) is 59.3 Å². The zero-order valence-electron chi connectivity index (χ0n) is 12.9. The van der Waals surface area contributed by atoms with Crippen LogP contribution < -0.4 is 0 Å². The van der Waals surface area contributed by atoms with Gasteiger partial charge in [0.15, 0.2) is 0 Å². The Morgan fingerprint density at radius 3 is 2.39 bits per heavy atom. The molecule has 0 spiro atoms. The molecule has 1 aliphatic rings. The third kappa shape index (κ3) is 4.12. The van der Waals surface area contributed by atoms with Crippen LogP contribution in [0.4, 0.5) is 0 Å².